The van der Waals surface area contributed by atoms with Crippen molar-refractivity contribution < 1.29 is 18.3 Å². The summed E-state index contributed by atoms with van der Waals surface area (Å²) in [6, 6.07) is 8.15. The number of amides is 1. The molecule has 2 aromatic rings. The van der Waals surface area contributed by atoms with Gasteiger partial charge in [-0.25, -0.2) is 8.78 Å². The lowest BCUT2D eigenvalue weighted by atomic mass is 10.1. The van der Waals surface area contributed by atoms with Crippen molar-refractivity contribution in [2.45, 2.75) is 6.92 Å². The molecule has 0 atom stereocenters. The van der Waals surface area contributed by atoms with E-state index in [2.05, 4.69) is 5.32 Å². The Labute approximate surface area is 115 Å². The van der Waals surface area contributed by atoms with Crippen molar-refractivity contribution >= 4 is 11.6 Å². The van der Waals surface area contributed by atoms with Crippen LogP contribution in [0.15, 0.2) is 36.4 Å². The molecular formula is C15H13F2NO2. The van der Waals surface area contributed by atoms with Crippen molar-refractivity contribution in [3.05, 3.63) is 59.2 Å². The number of anilines is 1. The number of halogens is 2. The normalized spacial score (nSPS) is 10.2. The van der Waals surface area contributed by atoms with Gasteiger partial charge in [-0.2, -0.15) is 0 Å². The first-order chi connectivity index (χ1) is 9.51. The lowest BCUT2D eigenvalue weighted by Gasteiger charge is -2.09. The van der Waals surface area contributed by atoms with E-state index >= 15 is 0 Å². The number of hydrogen-bond donors (Lipinski definition) is 1. The smallest absolute Gasteiger partial charge is 0.255 e. The third-order valence-corrected chi connectivity index (χ3v) is 2.85. The van der Waals surface area contributed by atoms with Crippen LogP contribution >= 0.6 is 0 Å². The van der Waals surface area contributed by atoms with Crippen LogP contribution in [0.25, 0.3) is 0 Å². The van der Waals surface area contributed by atoms with Gasteiger partial charge in [-0.05, 0) is 36.8 Å². The molecule has 0 bridgehead atoms. The maximum absolute atomic E-state index is 13.1. The Morgan fingerprint density at radius 1 is 1.10 bits per heavy atom. The van der Waals surface area contributed by atoms with Crippen LogP contribution in [0.5, 0.6) is 5.75 Å². The van der Waals surface area contributed by atoms with E-state index < -0.39 is 17.5 Å². The number of hydrogen-bond acceptors (Lipinski definition) is 2. The van der Waals surface area contributed by atoms with Crippen molar-refractivity contribution in [3.8, 4) is 5.75 Å². The van der Waals surface area contributed by atoms with E-state index in [1.165, 1.54) is 13.2 Å². The average molecular weight is 277 g/mol. The van der Waals surface area contributed by atoms with Crippen LogP contribution in [0.4, 0.5) is 14.5 Å². The molecule has 0 heterocycles. The first kappa shape index (κ1) is 14.0. The Morgan fingerprint density at radius 2 is 1.85 bits per heavy atom. The number of carbonyl (C=O) groups excluding carboxylic acids is 1. The summed E-state index contributed by atoms with van der Waals surface area (Å²) in [4.78, 5) is 12.0. The molecule has 1 amide bonds. The summed E-state index contributed by atoms with van der Waals surface area (Å²) in [5.41, 5.74) is 1.46. The summed E-state index contributed by atoms with van der Waals surface area (Å²) in [7, 11) is 1.51. The van der Waals surface area contributed by atoms with Crippen LogP contribution in [0, 0.1) is 18.6 Å². The SMILES string of the molecule is COc1cc(C(=O)Nc2ccc(F)c(F)c2)ccc1C. The van der Waals surface area contributed by atoms with E-state index in [0.717, 1.165) is 17.7 Å². The van der Waals surface area contributed by atoms with Crippen LogP contribution in [-0.4, -0.2) is 13.0 Å². The summed E-state index contributed by atoms with van der Waals surface area (Å²) in [6.45, 7) is 1.86. The van der Waals surface area contributed by atoms with Crippen molar-refractivity contribution in [3.63, 3.8) is 0 Å². The monoisotopic (exact) mass is 277 g/mol. The van der Waals surface area contributed by atoms with Crippen LogP contribution in [0.2, 0.25) is 0 Å². The summed E-state index contributed by atoms with van der Waals surface area (Å²) >= 11 is 0. The molecule has 104 valence electrons. The van der Waals surface area contributed by atoms with Gasteiger partial charge in [0.2, 0.25) is 0 Å². The van der Waals surface area contributed by atoms with Gasteiger partial charge >= 0.3 is 0 Å². The molecule has 0 unspecified atom stereocenters. The molecule has 0 saturated carbocycles. The minimum atomic E-state index is -1.01. The van der Waals surface area contributed by atoms with E-state index in [-0.39, 0.29) is 5.69 Å². The molecule has 2 aromatic carbocycles. The summed E-state index contributed by atoms with van der Waals surface area (Å²) in [5, 5.41) is 2.50. The largest absolute Gasteiger partial charge is 0.496 e. The Balaban J connectivity index is 2.21. The zero-order chi connectivity index (χ0) is 14.7. The fourth-order valence-electron chi connectivity index (χ4n) is 1.74. The van der Waals surface area contributed by atoms with E-state index in [9.17, 15) is 13.6 Å². The lowest BCUT2D eigenvalue weighted by Crippen LogP contribution is -2.12. The van der Waals surface area contributed by atoms with Gasteiger partial charge in [-0.3, -0.25) is 4.79 Å². The van der Waals surface area contributed by atoms with Gasteiger partial charge in [0.1, 0.15) is 5.75 Å². The van der Waals surface area contributed by atoms with Crippen molar-refractivity contribution in [1.82, 2.24) is 0 Å². The molecule has 2 rings (SSSR count). The molecule has 0 radical (unpaired) electrons. The van der Waals surface area contributed by atoms with Gasteiger partial charge in [0.15, 0.2) is 11.6 Å². The Bertz CT molecular complexity index is 656. The number of aryl methyl sites for hydroxylation is 1. The average Bonchev–Trinajstić information content (AvgIpc) is 2.43. The third-order valence-electron chi connectivity index (χ3n) is 2.85. The number of ether oxygens (including phenoxy) is 1. The van der Waals surface area contributed by atoms with Crippen molar-refractivity contribution in [2.75, 3.05) is 12.4 Å². The van der Waals surface area contributed by atoms with Crippen LogP contribution in [0.3, 0.4) is 0 Å². The molecule has 1 N–H and O–H groups in total. The molecule has 0 aromatic heterocycles. The molecule has 0 fully saturated rings. The first-order valence-corrected chi connectivity index (χ1v) is 5.92. The summed E-state index contributed by atoms with van der Waals surface area (Å²) in [6.07, 6.45) is 0. The van der Waals surface area contributed by atoms with Gasteiger partial charge in [-0.15, -0.1) is 0 Å². The Morgan fingerprint density at radius 3 is 2.50 bits per heavy atom. The lowest BCUT2D eigenvalue weighted by molar-refractivity contribution is 0.102. The molecule has 0 aliphatic carbocycles. The Kier molecular flexibility index (Phi) is 3.98. The van der Waals surface area contributed by atoms with Gasteiger partial charge in [0.05, 0.1) is 7.11 Å². The number of benzene rings is 2. The van der Waals surface area contributed by atoms with E-state index in [1.807, 2.05) is 6.92 Å². The predicted octanol–water partition coefficient (Wildman–Crippen LogP) is 3.53. The molecule has 0 aliphatic heterocycles. The Hall–Kier alpha value is -2.43. The van der Waals surface area contributed by atoms with Gasteiger partial charge < -0.3 is 10.1 Å². The fourth-order valence-corrected chi connectivity index (χ4v) is 1.74. The van der Waals surface area contributed by atoms with E-state index in [0.29, 0.717) is 11.3 Å². The quantitative estimate of drug-likeness (QED) is 0.932. The topological polar surface area (TPSA) is 38.3 Å². The number of nitrogens with one attached hydrogen (secondary N) is 1. The molecular weight excluding hydrogens is 264 g/mol. The fraction of sp³-hybridized carbons (Fsp3) is 0.133. The zero-order valence-electron chi connectivity index (χ0n) is 11.0. The van der Waals surface area contributed by atoms with Gasteiger partial charge in [-0.1, -0.05) is 6.07 Å². The number of rotatable bonds is 3. The van der Waals surface area contributed by atoms with E-state index in [1.54, 1.807) is 18.2 Å². The van der Waals surface area contributed by atoms with Crippen LogP contribution in [-0.2, 0) is 0 Å². The van der Waals surface area contributed by atoms with Gasteiger partial charge in [0.25, 0.3) is 5.91 Å². The zero-order valence-corrected chi connectivity index (χ0v) is 11.0. The van der Waals surface area contributed by atoms with Crippen LogP contribution in [0.1, 0.15) is 15.9 Å². The first-order valence-electron chi connectivity index (χ1n) is 5.92. The highest BCUT2D eigenvalue weighted by molar-refractivity contribution is 6.04. The molecule has 0 spiro atoms. The second-order valence-corrected chi connectivity index (χ2v) is 4.27. The standard InChI is InChI=1S/C15H13F2NO2/c1-9-3-4-10(7-14(9)20-2)15(19)18-11-5-6-12(16)13(17)8-11/h3-8H,1-2H3,(H,18,19). The predicted molar refractivity (Wildman–Crippen MR) is 72.0 cm³/mol. The second kappa shape index (κ2) is 5.69. The second-order valence-electron chi connectivity index (χ2n) is 4.27. The van der Waals surface area contributed by atoms with Crippen molar-refractivity contribution in [1.29, 1.82) is 0 Å². The number of methoxy groups -OCH3 is 1. The molecule has 5 heteroatoms. The summed E-state index contributed by atoms with van der Waals surface area (Å²) in [5.74, 6) is -1.80. The number of carbonyl (C=O) groups is 1. The molecule has 0 saturated heterocycles. The third kappa shape index (κ3) is 2.93. The summed E-state index contributed by atoms with van der Waals surface area (Å²) < 4.78 is 31.0. The van der Waals surface area contributed by atoms with Crippen LogP contribution < -0.4 is 10.1 Å². The van der Waals surface area contributed by atoms with Gasteiger partial charge in [0, 0.05) is 17.3 Å². The maximum Gasteiger partial charge on any atom is 0.255 e. The van der Waals surface area contributed by atoms with Crippen molar-refractivity contribution in [2.24, 2.45) is 0 Å². The molecule has 3 nitrogen and oxygen atoms in total. The molecule has 0 aliphatic rings. The highest BCUT2D eigenvalue weighted by atomic mass is 19.2. The van der Waals surface area contributed by atoms with E-state index in [4.69, 9.17) is 4.74 Å². The molecule has 20 heavy (non-hydrogen) atoms. The maximum atomic E-state index is 13.1. The minimum Gasteiger partial charge on any atom is -0.496 e. The minimum absolute atomic E-state index is 0.188. The highest BCUT2D eigenvalue weighted by Crippen LogP contribution is 2.20. The highest BCUT2D eigenvalue weighted by Gasteiger charge is 2.10.